The Balaban J connectivity index is 2.59. The first kappa shape index (κ1) is 10.6. The van der Waals surface area contributed by atoms with Crippen molar-refractivity contribution in [2.24, 2.45) is 5.73 Å². The minimum absolute atomic E-state index is 0.398. The van der Waals surface area contributed by atoms with Crippen molar-refractivity contribution in [3.63, 3.8) is 0 Å². The lowest BCUT2D eigenvalue weighted by Crippen LogP contribution is -2.14. The Morgan fingerprint density at radius 3 is 2.75 bits per heavy atom. The van der Waals surface area contributed by atoms with E-state index in [2.05, 4.69) is 5.32 Å². The number of anilines is 1. The van der Waals surface area contributed by atoms with Crippen LogP contribution >= 0.6 is 0 Å². The number of Topliss-reactive ketones (excluding diaryl/α,β-unsaturated/α-hetero) is 1. The highest BCUT2D eigenvalue weighted by Gasteiger charge is 2.32. The fourth-order valence-corrected chi connectivity index (χ4v) is 1.83. The molecule has 0 atom stereocenters. The number of methoxy groups -OCH3 is 1. The van der Waals surface area contributed by atoms with Crippen LogP contribution in [0.15, 0.2) is 12.1 Å². The number of nitrogens with one attached hydrogen (secondary N) is 1. The van der Waals surface area contributed by atoms with Gasteiger partial charge in [-0.25, -0.2) is 0 Å². The van der Waals surface area contributed by atoms with E-state index in [0.29, 0.717) is 30.0 Å². The number of rotatable bonds is 3. The molecule has 0 aliphatic carbocycles. The van der Waals surface area contributed by atoms with Crippen LogP contribution in [0.25, 0.3) is 0 Å². The minimum atomic E-state index is -0.613. The lowest BCUT2D eigenvalue weighted by molar-refractivity contribution is -0.112. The molecular formula is C11H12N2O3. The monoisotopic (exact) mass is 220 g/mol. The molecule has 0 saturated heterocycles. The molecule has 2 rings (SSSR count). The van der Waals surface area contributed by atoms with E-state index in [9.17, 15) is 9.59 Å². The van der Waals surface area contributed by atoms with E-state index in [0.717, 1.165) is 5.56 Å². The summed E-state index contributed by atoms with van der Waals surface area (Å²) in [6, 6.07) is 3.49. The highest BCUT2D eigenvalue weighted by Crippen LogP contribution is 2.35. The molecule has 0 unspecified atom stereocenters. The summed E-state index contributed by atoms with van der Waals surface area (Å²) in [5, 5.41) is 2.51. The highest BCUT2D eigenvalue weighted by atomic mass is 16.5. The van der Waals surface area contributed by atoms with E-state index < -0.39 is 11.7 Å². The molecule has 5 nitrogen and oxygen atoms in total. The predicted molar refractivity (Wildman–Crippen MR) is 58.7 cm³/mol. The number of hydrogen-bond donors (Lipinski definition) is 2. The average molecular weight is 220 g/mol. The van der Waals surface area contributed by atoms with Crippen molar-refractivity contribution in [3.05, 3.63) is 23.3 Å². The number of ether oxygens (including phenoxy) is 1. The maximum absolute atomic E-state index is 11.7. The van der Waals surface area contributed by atoms with Gasteiger partial charge in [0.25, 0.3) is 11.7 Å². The summed E-state index contributed by atoms with van der Waals surface area (Å²) in [6.45, 7) is 0.431. The van der Waals surface area contributed by atoms with E-state index in [1.54, 1.807) is 12.1 Å². The second-order valence-corrected chi connectivity index (χ2v) is 3.50. The summed E-state index contributed by atoms with van der Waals surface area (Å²) in [6.07, 6.45) is 0.563. The van der Waals surface area contributed by atoms with Crippen molar-refractivity contribution in [1.82, 2.24) is 0 Å². The first-order valence-corrected chi connectivity index (χ1v) is 4.94. The normalized spacial score (nSPS) is 13.6. The van der Waals surface area contributed by atoms with Gasteiger partial charge < -0.3 is 15.8 Å². The standard InChI is InChI=1S/C11H12N2O3/c1-16-7-3-2-6(4-5-12)8-9(7)13-11(15)10(8)14/h2-3H,4-5,12H2,1H3,(H,13,14,15). The number of hydrogen-bond acceptors (Lipinski definition) is 4. The molecule has 16 heavy (non-hydrogen) atoms. The van der Waals surface area contributed by atoms with Crippen LogP contribution in [0.1, 0.15) is 15.9 Å². The van der Waals surface area contributed by atoms with Gasteiger partial charge in [-0.2, -0.15) is 0 Å². The highest BCUT2D eigenvalue weighted by molar-refractivity contribution is 6.52. The van der Waals surface area contributed by atoms with Crippen LogP contribution in [-0.4, -0.2) is 25.3 Å². The Morgan fingerprint density at radius 2 is 2.12 bits per heavy atom. The Bertz CT molecular complexity index is 469. The van der Waals surface area contributed by atoms with Crippen molar-refractivity contribution in [2.75, 3.05) is 19.0 Å². The zero-order chi connectivity index (χ0) is 11.7. The van der Waals surface area contributed by atoms with E-state index >= 15 is 0 Å². The molecule has 1 aliphatic heterocycles. The van der Waals surface area contributed by atoms with Crippen LogP contribution in [0.4, 0.5) is 5.69 Å². The molecule has 1 amide bonds. The molecule has 1 aliphatic rings. The zero-order valence-corrected chi connectivity index (χ0v) is 8.87. The Morgan fingerprint density at radius 1 is 1.38 bits per heavy atom. The lowest BCUT2D eigenvalue weighted by atomic mass is 10.0. The van der Waals surface area contributed by atoms with Crippen LogP contribution in [0.3, 0.4) is 0 Å². The number of carbonyl (C=O) groups is 2. The van der Waals surface area contributed by atoms with Gasteiger partial charge in [0, 0.05) is 0 Å². The van der Waals surface area contributed by atoms with Crippen molar-refractivity contribution in [2.45, 2.75) is 6.42 Å². The van der Waals surface area contributed by atoms with Crippen molar-refractivity contribution in [3.8, 4) is 5.75 Å². The third kappa shape index (κ3) is 1.45. The predicted octanol–water partition coefficient (Wildman–Crippen LogP) is 0.331. The molecule has 84 valence electrons. The second-order valence-electron chi connectivity index (χ2n) is 3.50. The number of ketones is 1. The molecular weight excluding hydrogens is 208 g/mol. The van der Waals surface area contributed by atoms with Gasteiger partial charge in [-0.05, 0) is 24.6 Å². The van der Waals surface area contributed by atoms with E-state index in [-0.39, 0.29) is 0 Å². The largest absolute Gasteiger partial charge is 0.495 e. The lowest BCUT2D eigenvalue weighted by Gasteiger charge is -2.09. The van der Waals surface area contributed by atoms with Gasteiger partial charge in [0.05, 0.1) is 18.4 Å². The first-order chi connectivity index (χ1) is 7.69. The van der Waals surface area contributed by atoms with Gasteiger partial charge in [0.2, 0.25) is 0 Å². The van der Waals surface area contributed by atoms with Crippen molar-refractivity contribution < 1.29 is 14.3 Å². The van der Waals surface area contributed by atoms with Gasteiger partial charge in [-0.15, -0.1) is 0 Å². The summed E-state index contributed by atoms with van der Waals surface area (Å²) in [4.78, 5) is 23.0. The quantitative estimate of drug-likeness (QED) is 0.719. The van der Waals surface area contributed by atoms with Crippen molar-refractivity contribution >= 4 is 17.4 Å². The summed E-state index contributed by atoms with van der Waals surface area (Å²) < 4.78 is 5.09. The van der Waals surface area contributed by atoms with E-state index in [1.807, 2.05) is 0 Å². The molecule has 3 N–H and O–H groups in total. The van der Waals surface area contributed by atoms with E-state index in [1.165, 1.54) is 7.11 Å². The van der Waals surface area contributed by atoms with Gasteiger partial charge in [0.15, 0.2) is 0 Å². The summed E-state index contributed by atoms with van der Waals surface area (Å²) in [5.41, 5.74) is 7.10. The Kier molecular flexibility index (Phi) is 2.62. The second kappa shape index (κ2) is 3.94. The van der Waals surface area contributed by atoms with Crippen LogP contribution in [-0.2, 0) is 11.2 Å². The third-order valence-electron chi connectivity index (χ3n) is 2.56. The average Bonchev–Trinajstić information content (AvgIpc) is 2.57. The fourth-order valence-electron chi connectivity index (χ4n) is 1.83. The molecule has 0 fully saturated rings. The van der Waals surface area contributed by atoms with Gasteiger partial charge in [0.1, 0.15) is 5.75 Å². The molecule has 1 aromatic carbocycles. The molecule has 0 bridgehead atoms. The molecule has 1 heterocycles. The molecule has 0 saturated carbocycles. The maximum Gasteiger partial charge on any atom is 0.296 e. The van der Waals surface area contributed by atoms with Crippen LogP contribution < -0.4 is 15.8 Å². The molecule has 0 spiro atoms. The number of nitrogens with two attached hydrogens (primary N) is 1. The Labute approximate surface area is 92.6 Å². The fraction of sp³-hybridized carbons (Fsp3) is 0.273. The van der Waals surface area contributed by atoms with E-state index in [4.69, 9.17) is 10.5 Å². The van der Waals surface area contributed by atoms with Gasteiger partial charge in [-0.3, -0.25) is 9.59 Å². The molecule has 0 radical (unpaired) electrons. The number of amides is 1. The van der Waals surface area contributed by atoms with Gasteiger partial charge in [-0.1, -0.05) is 6.07 Å². The number of benzene rings is 1. The molecule has 1 aromatic rings. The number of carbonyl (C=O) groups excluding carboxylic acids is 2. The van der Waals surface area contributed by atoms with Gasteiger partial charge >= 0.3 is 0 Å². The maximum atomic E-state index is 11.7. The summed E-state index contributed by atoms with van der Waals surface area (Å²) in [7, 11) is 1.49. The van der Waals surface area contributed by atoms with Crippen LogP contribution in [0.5, 0.6) is 5.75 Å². The summed E-state index contributed by atoms with van der Waals surface area (Å²) >= 11 is 0. The SMILES string of the molecule is COc1ccc(CCN)c2c1NC(=O)C2=O. The first-order valence-electron chi connectivity index (χ1n) is 4.94. The van der Waals surface area contributed by atoms with Crippen molar-refractivity contribution in [1.29, 1.82) is 0 Å². The smallest absolute Gasteiger partial charge is 0.296 e. The van der Waals surface area contributed by atoms with Crippen LogP contribution in [0.2, 0.25) is 0 Å². The third-order valence-corrected chi connectivity index (χ3v) is 2.56. The molecule has 0 aromatic heterocycles. The Hall–Kier alpha value is -1.88. The van der Waals surface area contributed by atoms with Crippen LogP contribution in [0, 0.1) is 0 Å². The minimum Gasteiger partial charge on any atom is -0.495 e. The number of fused-ring (bicyclic) bond motifs is 1. The zero-order valence-electron chi connectivity index (χ0n) is 8.87. The topological polar surface area (TPSA) is 81.4 Å². The summed E-state index contributed by atoms with van der Waals surface area (Å²) in [5.74, 6) is -0.634. The molecule has 5 heteroatoms.